The summed E-state index contributed by atoms with van der Waals surface area (Å²) in [5, 5.41) is 2.76. The molecule has 0 spiro atoms. The average molecular weight is 307 g/mol. The zero-order valence-electron chi connectivity index (χ0n) is 12.8. The van der Waals surface area contributed by atoms with E-state index in [1.807, 2.05) is 23.1 Å². The lowest BCUT2D eigenvalue weighted by atomic mass is 10.1. The van der Waals surface area contributed by atoms with Gasteiger partial charge in [0.25, 0.3) is 0 Å². The van der Waals surface area contributed by atoms with Crippen LogP contribution in [-0.2, 0) is 16.1 Å². The van der Waals surface area contributed by atoms with Crippen molar-refractivity contribution in [3.63, 3.8) is 0 Å². The molecular weight excluding hydrogens is 286 g/mol. The number of nitrogens with one attached hydrogen (secondary N) is 1. The highest BCUT2D eigenvalue weighted by Gasteiger charge is 2.31. The minimum absolute atomic E-state index is 0.00187. The number of nitrogens with two attached hydrogens (primary N) is 1. The number of methoxy groups -OCH3 is 2. The van der Waals surface area contributed by atoms with Crippen molar-refractivity contribution in [2.75, 3.05) is 27.3 Å². The van der Waals surface area contributed by atoms with Crippen molar-refractivity contribution >= 4 is 11.8 Å². The van der Waals surface area contributed by atoms with Gasteiger partial charge in [-0.15, -0.1) is 0 Å². The van der Waals surface area contributed by atoms with Crippen molar-refractivity contribution in [2.45, 2.75) is 19.0 Å². The van der Waals surface area contributed by atoms with Gasteiger partial charge in [-0.1, -0.05) is 12.1 Å². The summed E-state index contributed by atoms with van der Waals surface area (Å²) in [6, 6.07) is 5.03. The first-order valence-corrected chi connectivity index (χ1v) is 7.06. The number of amides is 2. The highest BCUT2D eigenvalue weighted by molar-refractivity contribution is 5.88. The van der Waals surface area contributed by atoms with Crippen LogP contribution in [0.3, 0.4) is 0 Å². The summed E-state index contributed by atoms with van der Waals surface area (Å²) in [6.07, 6.45) is -0.00187. The van der Waals surface area contributed by atoms with Gasteiger partial charge in [0.05, 0.1) is 26.7 Å². The lowest BCUT2D eigenvalue weighted by molar-refractivity contribution is -0.133. The highest BCUT2D eigenvalue weighted by atomic mass is 16.5. The number of para-hydroxylation sites is 1. The van der Waals surface area contributed by atoms with Gasteiger partial charge >= 0.3 is 0 Å². The molecule has 7 heteroatoms. The minimum Gasteiger partial charge on any atom is -0.493 e. The quantitative estimate of drug-likeness (QED) is 0.764. The van der Waals surface area contributed by atoms with Crippen LogP contribution in [0.15, 0.2) is 18.2 Å². The van der Waals surface area contributed by atoms with Crippen molar-refractivity contribution < 1.29 is 19.1 Å². The second-order valence-electron chi connectivity index (χ2n) is 5.10. The van der Waals surface area contributed by atoms with Crippen LogP contribution < -0.4 is 20.5 Å². The van der Waals surface area contributed by atoms with Crippen molar-refractivity contribution in [1.29, 1.82) is 0 Å². The lowest BCUT2D eigenvalue weighted by Crippen LogP contribution is -2.55. The molecule has 0 aliphatic carbocycles. The van der Waals surface area contributed by atoms with E-state index in [0.29, 0.717) is 31.1 Å². The molecule has 1 aromatic rings. The van der Waals surface area contributed by atoms with Crippen molar-refractivity contribution in [1.82, 2.24) is 10.2 Å². The third kappa shape index (κ3) is 3.48. The molecule has 0 aromatic heterocycles. The molecular formula is C15H21N3O4. The average Bonchev–Trinajstić information content (AvgIpc) is 2.50. The molecule has 1 aromatic carbocycles. The Balaban J connectivity index is 2.24. The molecule has 1 saturated heterocycles. The van der Waals surface area contributed by atoms with E-state index in [9.17, 15) is 9.59 Å². The molecule has 0 radical (unpaired) electrons. The first kappa shape index (κ1) is 16.1. The third-order valence-electron chi connectivity index (χ3n) is 3.69. The van der Waals surface area contributed by atoms with E-state index in [-0.39, 0.29) is 12.3 Å². The number of piperazine rings is 1. The predicted molar refractivity (Wildman–Crippen MR) is 80.6 cm³/mol. The Morgan fingerprint density at radius 3 is 2.82 bits per heavy atom. The van der Waals surface area contributed by atoms with Gasteiger partial charge < -0.3 is 20.5 Å². The van der Waals surface area contributed by atoms with Crippen LogP contribution in [0.1, 0.15) is 12.0 Å². The van der Waals surface area contributed by atoms with E-state index in [1.165, 1.54) is 0 Å². The molecule has 22 heavy (non-hydrogen) atoms. The maximum atomic E-state index is 12.0. The van der Waals surface area contributed by atoms with Gasteiger partial charge in [-0.2, -0.15) is 0 Å². The Morgan fingerprint density at radius 2 is 2.18 bits per heavy atom. The van der Waals surface area contributed by atoms with Gasteiger partial charge in [0.2, 0.25) is 11.8 Å². The van der Waals surface area contributed by atoms with Gasteiger partial charge in [0.15, 0.2) is 11.5 Å². The van der Waals surface area contributed by atoms with Gasteiger partial charge in [0.1, 0.15) is 0 Å². The SMILES string of the molecule is COc1cccc(CN2CCNC(=O)C2CC(N)=O)c1OC. The van der Waals surface area contributed by atoms with Gasteiger partial charge in [-0.05, 0) is 6.07 Å². The summed E-state index contributed by atoms with van der Waals surface area (Å²) in [5.74, 6) is 0.596. The summed E-state index contributed by atoms with van der Waals surface area (Å²) < 4.78 is 10.7. The lowest BCUT2D eigenvalue weighted by Gasteiger charge is -2.34. The van der Waals surface area contributed by atoms with E-state index in [2.05, 4.69) is 5.32 Å². The molecule has 7 nitrogen and oxygen atoms in total. The normalized spacial score (nSPS) is 18.6. The maximum Gasteiger partial charge on any atom is 0.237 e. The van der Waals surface area contributed by atoms with Crippen LogP contribution in [-0.4, -0.2) is 50.1 Å². The van der Waals surface area contributed by atoms with Crippen LogP contribution in [0, 0.1) is 0 Å². The van der Waals surface area contributed by atoms with Crippen LogP contribution in [0.4, 0.5) is 0 Å². The number of primary amides is 1. The molecule has 120 valence electrons. The van der Waals surface area contributed by atoms with Gasteiger partial charge in [-0.25, -0.2) is 0 Å². The summed E-state index contributed by atoms with van der Waals surface area (Å²) in [5.41, 5.74) is 6.15. The number of rotatable bonds is 6. The van der Waals surface area contributed by atoms with E-state index in [4.69, 9.17) is 15.2 Å². The van der Waals surface area contributed by atoms with Gasteiger partial charge in [0, 0.05) is 25.2 Å². The standard InChI is InChI=1S/C15H21N3O4/c1-21-12-5-3-4-10(14(12)22-2)9-18-7-6-17-15(20)11(18)8-13(16)19/h3-5,11H,6-9H2,1-2H3,(H2,16,19)(H,17,20). The van der Waals surface area contributed by atoms with Crippen molar-refractivity contribution in [3.05, 3.63) is 23.8 Å². The molecule has 1 heterocycles. The highest BCUT2D eigenvalue weighted by Crippen LogP contribution is 2.32. The molecule has 0 bridgehead atoms. The van der Waals surface area contributed by atoms with Crippen LogP contribution in [0.5, 0.6) is 11.5 Å². The molecule has 1 aliphatic heterocycles. The molecule has 1 unspecified atom stereocenters. The Morgan fingerprint density at radius 1 is 1.41 bits per heavy atom. The van der Waals surface area contributed by atoms with Crippen LogP contribution in [0.25, 0.3) is 0 Å². The van der Waals surface area contributed by atoms with E-state index in [0.717, 1.165) is 5.56 Å². The fourth-order valence-electron chi connectivity index (χ4n) is 2.66. The summed E-state index contributed by atoms with van der Waals surface area (Å²) in [6.45, 7) is 1.66. The number of carbonyl (C=O) groups is 2. The second-order valence-corrected chi connectivity index (χ2v) is 5.10. The molecule has 0 saturated carbocycles. The predicted octanol–water partition coefficient (Wildman–Crippen LogP) is -0.120. The Labute approximate surface area is 129 Å². The first-order chi connectivity index (χ1) is 10.6. The van der Waals surface area contributed by atoms with Crippen molar-refractivity contribution in [3.8, 4) is 11.5 Å². The van der Waals surface area contributed by atoms with E-state index < -0.39 is 11.9 Å². The monoisotopic (exact) mass is 307 g/mol. The molecule has 2 amide bonds. The second kappa shape index (κ2) is 7.13. The Bertz CT molecular complexity index is 562. The minimum atomic E-state index is -0.554. The number of carbonyl (C=O) groups excluding carboxylic acids is 2. The third-order valence-corrected chi connectivity index (χ3v) is 3.69. The number of hydrogen-bond acceptors (Lipinski definition) is 5. The summed E-state index contributed by atoms with van der Waals surface area (Å²) in [7, 11) is 3.15. The Hall–Kier alpha value is -2.28. The molecule has 1 atom stereocenters. The Kier molecular flexibility index (Phi) is 5.21. The zero-order valence-corrected chi connectivity index (χ0v) is 12.8. The number of hydrogen-bond donors (Lipinski definition) is 2. The molecule has 3 N–H and O–H groups in total. The van der Waals surface area contributed by atoms with E-state index in [1.54, 1.807) is 14.2 Å². The molecule has 1 aliphatic rings. The topological polar surface area (TPSA) is 93.9 Å². The van der Waals surface area contributed by atoms with Crippen LogP contribution in [0.2, 0.25) is 0 Å². The molecule has 2 rings (SSSR count). The first-order valence-electron chi connectivity index (χ1n) is 7.06. The molecule has 1 fully saturated rings. The summed E-state index contributed by atoms with van der Waals surface area (Å²) in [4.78, 5) is 25.1. The van der Waals surface area contributed by atoms with Gasteiger partial charge in [-0.3, -0.25) is 14.5 Å². The number of ether oxygens (including phenoxy) is 2. The largest absolute Gasteiger partial charge is 0.493 e. The fourth-order valence-corrected chi connectivity index (χ4v) is 2.66. The van der Waals surface area contributed by atoms with E-state index >= 15 is 0 Å². The fraction of sp³-hybridized carbons (Fsp3) is 0.467. The number of benzene rings is 1. The maximum absolute atomic E-state index is 12.0. The smallest absolute Gasteiger partial charge is 0.237 e. The van der Waals surface area contributed by atoms with Crippen LogP contribution >= 0.6 is 0 Å². The summed E-state index contributed by atoms with van der Waals surface area (Å²) >= 11 is 0. The van der Waals surface area contributed by atoms with Crippen molar-refractivity contribution in [2.24, 2.45) is 5.73 Å². The zero-order chi connectivity index (χ0) is 16.1. The number of nitrogens with zero attached hydrogens (tertiary/aromatic N) is 1.